The molecule has 0 aromatic carbocycles. The number of amides is 1. The molecule has 2 N–H and O–H groups in total. The second-order valence-electron chi connectivity index (χ2n) is 2.48. The predicted molar refractivity (Wildman–Crippen MR) is 52.0 cm³/mol. The first-order chi connectivity index (χ1) is 7.63. The molecule has 0 saturated carbocycles. The van der Waals surface area contributed by atoms with Crippen LogP contribution in [0.4, 0.5) is 10.7 Å². The highest BCUT2D eigenvalue weighted by Crippen LogP contribution is 1.97. The highest BCUT2D eigenvalue weighted by atomic mass is 16.5. The first-order valence-corrected chi connectivity index (χ1v) is 4.11. The van der Waals surface area contributed by atoms with Gasteiger partial charge in [-0.15, -0.1) is 10.2 Å². The highest BCUT2D eigenvalue weighted by Gasteiger charge is 2.08. The molecule has 0 atom stereocenters. The van der Waals surface area contributed by atoms with Gasteiger partial charge >= 0.3 is 12.1 Å². The van der Waals surface area contributed by atoms with E-state index in [1.165, 1.54) is 6.08 Å². The molecule has 1 amide bonds. The molecule has 1 aromatic rings. The molecule has 0 bridgehead atoms. The average molecular weight is 224 g/mol. The van der Waals surface area contributed by atoms with Crippen molar-refractivity contribution >= 4 is 18.0 Å². The molecule has 0 spiro atoms. The van der Waals surface area contributed by atoms with E-state index in [-0.39, 0.29) is 18.2 Å². The van der Waals surface area contributed by atoms with Crippen LogP contribution in [-0.4, -0.2) is 39.0 Å². The molecular weight excluding hydrogens is 216 g/mol. The Balaban J connectivity index is 2.58. The highest BCUT2D eigenvalue weighted by molar-refractivity contribution is 5.85. The average Bonchev–Trinajstić information content (AvgIpc) is 2.27. The topological polar surface area (TPSA) is 114 Å². The number of nitrogens with zero attached hydrogens (tertiary/aromatic N) is 3. The number of hydrogen-bond acceptors (Lipinski definition) is 6. The fourth-order valence-corrected chi connectivity index (χ4v) is 0.692. The third-order valence-corrected chi connectivity index (χ3v) is 1.33. The third kappa shape index (κ3) is 3.33. The summed E-state index contributed by atoms with van der Waals surface area (Å²) in [5.41, 5.74) is -0.315. The number of aromatic nitrogens is 3. The van der Waals surface area contributed by atoms with Crippen LogP contribution in [0.5, 0.6) is 0 Å². The fraction of sp³-hybridized carbons (Fsp3) is 0.125. The molecule has 8 nitrogen and oxygen atoms in total. The van der Waals surface area contributed by atoms with E-state index in [1.54, 1.807) is 0 Å². The first-order valence-electron chi connectivity index (χ1n) is 4.11. The van der Waals surface area contributed by atoms with E-state index < -0.39 is 12.1 Å². The molecule has 0 aliphatic rings. The van der Waals surface area contributed by atoms with Gasteiger partial charge in [-0.05, 0) is 0 Å². The predicted octanol–water partition coefficient (Wildman–Crippen LogP) is 0.304. The number of ether oxygens (including phenoxy) is 1. The fourth-order valence-electron chi connectivity index (χ4n) is 0.692. The van der Waals surface area contributed by atoms with E-state index in [4.69, 9.17) is 5.11 Å². The van der Waals surface area contributed by atoms with Crippen LogP contribution >= 0.6 is 0 Å². The molecule has 1 heterocycles. The first kappa shape index (κ1) is 11.6. The van der Waals surface area contributed by atoms with Crippen LogP contribution in [0.15, 0.2) is 18.9 Å². The Bertz CT molecular complexity index is 403. The Morgan fingerprint density at radius 2 is 2.31 bits per heavy atom. The van der Waals surface area contributed by atoms with Crippen LogP contribution in [0.3, 0.4) is 0 Å². The summed E-state index contributed by atoms with van der Waals surface area (Å²) in [6.07, 6.45) is 1.59. The maximum Gasteiger partial charge on any atom is 0.414 e. The normalized spacial score (nSPS) is 9.25. The Kier molecular flexibility index (Phi) is 3.90. The second kappa shape index (κ2) is 5.39. The van der Waals surface area contributed by atoms with Gasteiger partial charge in [-0.2, -0.15) is 0 Å². The Hall–Kier alpha value is -2.51. The number of carboxylic acids is 1. The van der Waals surface area contributed by atoms with Crippen LogP contribution in [0.25, 0.3) is 0 Å². The van der Waals surface area contributed by atoms with Gasteiger partial charge in [-0.3, -0.25) is 5.32 Å². The standard InChI is InChI=1S/C8H8N4O4/c1-2-3-16-8(15)10-7-9-4-5(6(13)14)11-12-7/h2,4H,1,3H2,(H,13,14)(H,9,10,12,15). The lowest BCUT2D eigenvalue weighted by Crippen LogP contribution is -2.16. The number of rotatable bonds is 4. The number of carbonyl (C=O) groups excluding carboxylic acids is 1. The van der Waals surface area contributed by atoms with E-state index in [2.05, 4.69) is 31.8 Å². The van der Waals surface area contributed by atoms with Gasteiger partial charge in [-0.1, -0.05) is 12.7 Å². The molecule has 1 rings (SSSR count). The SMILES string of the molecule is C=CCOC(=O)Nc1ncc(C(=O)O)nn1. The smallest absolute Gasteiger partial charge is 0.414 e. The Morgan fingerprint density at radius 3 is 2.81 bits per heavy atom. The minimum Gasteiger partial charge on any atom is -0.476 e. The van der Waals surface area contributed by atoms with Gasteiger partial charge in [0.15, 0.2) is 5.69 Å². The largest absolute Gasteiger partial charge is 0.476 e. The number of aromatic carboxylic acids is 1. The summed E-state index contributed by atoms with van der Waals surface area (Å²) in [5.74, 6) is -1.39. The molecule has 0 aliphatic carbocycles. The minimum atomic E-state index is -1.25. The van der Waals surface area contributed by atoms with Crippen molar-refractivity contribution in [2.24, 2.45) is 0 Å². The van der Waals surface area contributed by atoms with Gasteiger partial charge in [0.1, 0.15) is 6.61 Å². The van der Waals surface area contributed by atoms with Gasteiger partial charge in [0.2, 0.25) is 0 Å². The lowest BCUT2D eigenvalue weighted by molar-refractivity contribution is 0.0688. The number of anilines is 1. The van der Waals surface area contributed by atoms with Gasteiger partial charge in [0.05, 0.1) is 6.20 Å². The van der Waals surface area contributed by atoms with Gasteiger partial charge in [-0.25, -0.2) is 14.6 Å². The quantitative estimate of drug-likeness (QED) is 0.707. The van der Waals surface area contributed by atoms with E-state index in [0.717, 1.165) is 6.20 Å². The summed E-state index contributed by atoms with van der Waals surface area (Å²) in [7, 11) is 0. The summed E-state index contributed by atoms with van der Waals surface area (Å²) in [6, 6.07) is 0. The molecule has 8 heteroatoms. The summed E-state index contributed by atoms with van der Waals surface area (Å²) < 4.78 is 4.58. The Morgan fingerprint density at radius 1 is 1.56 bits per heavy atom. The van der Waals surface area contributed by atoms with Crippen molar-refractivity contribution < 1.29 is 19.4 Å². The van der Waals surface area contributed by atoms with E-state index in [9.17, 15) is 9.59 Å². The zero-order chi connectivity index (χ0) is 12.0. The van der Waals surface area contributed by atoms with Gasteiger partial charge in [0.25, 0.3) is 5.95 Å². The zero-order valence-electron chi connectivity index (χ0n) is 8.08. The molecule has 16 heavy (non-hydrogen) atoms. The van der Waals surface area contributed by atoms with Crippen molar-refractivity contribution in [1.29, 1.82) is 0 Å². The van der Waals surface area contributed by atoms with Crippen molar-refractivity contribution in [2.45, 2.75) is 0 Å². The van der Waals surface area contributed by atoms with E-state index in [0.29, 0.717) is 0 Å². The zero-order valence-corrected chi connectivity index (χ0v) is 8.08. The molecule has 0 fully saturated rings. The van der Waals surface area contributed by atoms with Crippen LogP contribution < -0.4 is 5.32 Å². The number of nitrogens with one attached hydrogen (secondary N) is 1. The van der Waals surface area contributed by atoms with Crippen LogP contribution in [0, 0.1) is 0 Å². The second-order valence-corrected chi connectivity index (χ2v) is 2.48. The van der Waals surface area contributed by atoms with Crippen LogP contribution in [-0.2, 0) is 4.74 Å². The molecule has 0 radical (unpaired) electrons. The van der Waals surface area contributed by atoms with Crippen LogP contribution in [0.1, 0.15) is 10.5 Å². The molecular formula is C8H8N4O4. The van der Waals surface area contributed by atoms with Gasteiger partial charge < -0.3 is 9.84 Å². The molecule has 0 unspecified atom stereocenters. The maximum absolute atomic E-state index is 11.0. The minimum absolute atomic E-state index is 0.0481. The van der Waals surface area contributed by atoms with Crippen molar-refractivity contribution in [3.05, 3.63) is 24.5 Å². The van der Waals surface area contributed by atoms with E-state index >= 15 is 0 Å². The summed E-state index contributed by atoms with van der Waals surface area (Å²) >= 11 is 0. The van der Waals surface area contributed by atoms with Crippen molar-refractivity contribution in [1.82, 2.24) is 15.2 Å². The molecule has 84 valence electrons. The van der Waals surface area contributed by atoms with Gasteiger partial charge in [0, 0.05) is 0 Å². The van der Waals surface area contributed by atoms with Crippen molar-refractivity contribution in [3.63, 3.8) is 0 Å². The Labute approximate surface area is 90.0 Å². The lowest BCUT2D eigenvalue weighted by atomic mass is 10.5. The van der Waals surface area contributed by atoms with E-state index in [1.807, 2.05) is 0 Å². The maximum atomic E-state index is 11.0. The summed E-state index contributed by atoms with van der Waals surface area (Å²) in [4.78, 5) is 25.0. The third-order valence-electron chi connectivity index (χ3n) is 1.33. The lowest BCUT2D eigenvalue weighted by Gasteiger charge is -2.02. The monoisotopic (exact) mass is 224 g/mol. The summed E-state index contributed by atoms with van der Waals surface area (Å²) in [6.45, 7) is 3.40. The molecule has 0 saturated heterocycles. The van der Waals surface area contributed by atoms with Crippen LogP contribution in [0.2, 0.25) is 0 Å². The van der Waals surface area contributed by atoms with Crippen molar-refractivity contribution in [2.75, 3.05) is 11.9 Å². The number of carbonyl (C=O) groups is 2. The molecule has 1 aromatic heterocycles. The number of hydrogen-bond donors (Lipinski definition) is 2. The van der Waals surface area contributed by atoms with Crippen molar-refractivity contribution in [3.8, 4) is 0 Å². The summed E-state index contributed by atoms with van der Waals surface area (Å²) in [5, 5.41) is 17.3. The number of carboxylic acid groups (broad SMARTS) is 1. The molecule has 0 aliphatic heterocycles.